The number of nitrogens with one attached hydrogen (secondary N) is 2. The van der Waals surface area contributed by atoms with Gasteiger partial charge >= 0.3 is 12.1 Å². The Morgan fingerprint density at radius 3 is 2.18 bits per heavy atom. The minimum Gasteiger partial charge on any atom is -0.480 e. The Kier molecular flexibility index (Phi) is 9.28. The van der Waals surface area contributed by atoms with Gasteiger partial charge in [0.05, 0.1) is 6.61 Å². The van der Waals surface area contributed by atoms with Crippen molar-refractivity contribution in [2.24, 2.45) is 0 Å². The quantitative estimate of drug-likeness (QED) is 0.297. The number of aliphatic hydroxyl groups is 1. The molecule has 2 amide bonds. The van der Waals surface area contributed by atoms with Crippen molar-refractivity contribution in [3.05, 3.63) is 59.7 Å². The maximum absolute atomic E-state index is 12.6. The lowest BCUT2D eigenvalue weighted by molar-refractivity contribution is -0.175. The fraction of sp³-hybridized carbons (Fsp3) is 0.531. The number of carboxylic acid groups (broad SMARTS) is 1. The van der Waals surface area contributed by atoms with Gasteiger partial charge in [0.1, 0.15) is 37.1 Å². The first-order valence-electron chi connectivity index (χ1n) is 14.8. The third kappa shape index (κ3) is 7.22. The number of amides is 2. The Balaban J connectivity index is 1.09. The van der Waals surface area contributed by atoms with Gasteiger partial charge in [0.25, 0.3) is 0 Å². The summed E-state index contributed by atoms with van der Waals surface area (Å²) in [7, 11) is 0. The first-order valence-corrected chi connectivity index (χ1v) is 14.8. The van der Waals surface area contributed by atoms with Crippen molar-refractivity contribution in [2.45, 2.75) is 88.5 Å². The standard InChI is InChI=1S/C32H40N2O10/c1-31(2)41-17-25(42-31)28-27(43-32(3,4)44-28)24(35)15-33-26(36)14-13-23(29(37)38)34-30(39)40-16-22-20-11-7-5-9-18(20)19-10-6-8-12-21(19)22/h5-12,22-25,27-28,35H,13-17H2,1-4H3,(H,33,36)(H,34,39)(H,37,38)/t23-,24-,25+,27-,28?/m0/s1. The Hall–Kier alpha value is -3.55. The summed E-state index contributed by atoms with van der Waals surface area (Å²) in [6.45, 7) is 7.15. The van der Waals surface area contributed by atoms with E-state index in [1.807, 2.05) is 48.5 Å². The molecule has 44 heavy (non-hydrogen) atoms. The summed E-state index contributed by atoms with van der Waals surface area (Å²) in [6.07, 6.45) is -4.30. The molecule has 0 bridgehead atoms. The molecule has 2 aromatic rings. The van der Waals surface area contributed by atoms with Gasteiger partial charge in [0.15, 0.2) is 11.6 Å². The molecule has 5 atom stereocenters. The van der Waals surface area contributed by atoms with Crippen LogP contribution in [-0.4, -0.2) is 90.0 Å². The molecular formula is C32H40N2O10. The highest BCUT2D eigenvalue weighted by atomic mass is 16.8. The molecule has 0 aromatic heterocycles. The number of hydrogen-bond donors (Lipinski definition) is 4. The number of carboxylic acids is 1. The minimum absolute atomic E-state index is 0.0326. The second-order valence-corrected chi connectivity index (χ2v) is 12.2. The molecule has 238 valence electrons. The molecule has 3 aliphatic rings. The average Bonchev–Trinajstić information content (AvgIpc) is 3.62. The van der Waals surface area contributed by atoms with Gasteiger partial charge in [-0.05, 0) is 56.4 Å². The topological polar surface area (TPSA) is 162 Å². The zero-order valence-corrected chi connectivity index (χ0v) is 25.3. The minimum atomic E-state index is -1.35. The van der Waals surface area contributed by atoms with Crippen LogP contribution in [0.5, 0.6) is 0 Å². The van der Waals surface area contributed by atoms with Crippen molar-refractivity contribution in [3.63, 3.8) is 0 Å². The molecule has 2 heterocycles. The number of aliphatic carboxylic acids is 1. The summed E-state index contributed by atoms with van der Waals surface area (Å²) >= 11 is 0. The van der Waals surface area contributed by atoms with Gasteiger partial charge in [-0.1, -0.05) is 48.5 Å². The predicted molar refractivity (Wildman–Crippen MR) is 157 cm³/mol. The summed E-state index contributed by atoms with van der Waals surface area (Å²) in [4.78, 5) is 37.0. The number of ether oxygens (including phenoxy) is 5. The second-order valence-electron chi connectivity index (χ2n) is 12.2. The van der Waals surface area contributed by atoms with E-state index in [4.69, 9.17) is 23.7 Å². The number of carbonyl (C=O) groups is 3. The molecule has 4 N–H and O–H groups in total. The number of fused-ring (bicyclic) bond motifs is 3. The molecule has 0 spiro atoms. The lowest BCUT2D eigenvalue weighted by Gasteiger charge is -2.26. The van der Waals surface area contributed by atoms with E-state index in [2.05, 4.69) is 10.6 Å². The number of rotatable bonds is 11. The lowest BCUT2D eigenvalue weighted by atomic mass is 9.98. The first-order chi connectivity index (χ1) is 20.8. The number of hydrogen-bond acceptors (Lipinski definition) is 9. The summed E-state index contributed by atoms with van der Waals surface area (Å²) in [5, 5.41) is 25.5. The van der Waals surface area contributed by atoms with Crippen LogP contribution in [0.4, 0.5) is 4.79 Å². The normalized spacial score (nSPS) is 24.6. The predicted octanol–water partition coefficient (Wildman–Crippen LogP) is 2.91. The highest BCUT2D eigenvalue weighted by Gasteiger charge is 2.52. The van der Waals surface area contributed by atoms with Crippen molar-refractivity contribution in [1.29, 1.82) is 0 Å². The van der Waals surface area contributed by atoms with Gasteiger partial charge in [-0.2, -0.15) is 0 Å². The number of alkyl carbamates (subject to hydrolysis) is 1. The van der Waals surface area contributed by atoms with Crippen molar-refractivity contribution in [1.82, 2.24) is 10.6 Å². The van der Waals surface area contributed by atoms with Crippen LogP contribution in [0.3, 0.4) is 0 Å². The van der Waals surface area contributed by atoms with Gasteiger partial charge in [-0.3, -0.25) is 4.79 Å². The van der Waals surface area contributed by atoms with Crippen molar-refractivity contribution in [3.8, 4) is 11.1 Å². The van der Waals surface area contributed by atoms with Gasteiger partial charge in [-0.25, -0.2) is 9.59 Å². The van der Waals surface area contributed by atoms with Gasteiger partial charge < -0.3 is 44.5 Å². The Labute approximate surface area is 256 Å². The van der Waals surface area contributed by atoms with Gasteiger partial charge in [0, 0.05) is 18.9 Å². The summed E-state index contributed by atoms with van der Waals surface area (Å²) in [5.41, 5.74) is 4.22. The highest BCUT2D eigenvalue weighted by molar-refractivity contribution is 5.82. The molecule has 2 saturated heterocycles. The van der Waals surface area contributed by atoms with Crippen LogP contribution in [-0.2, 0) is 33.3 Å². The molecule has 2 fully saturated rings. The fourth-order valence-electron chi connectivity index (χ4n) is 6.02. The molecule has 5 rings (SSSR count). The van der Waals surface area contributed by atoms with Crippen LogP contribution in [0.1, 0.15) is 57.6 Å². The third-order valence-corrected chi connectivity index (χ3v) is 8.04. The zero-order chi connectivity index (χ0) is 31.6. The van der Waals surface area contributed by atoms with Gasteiger partial charge in [-0.15, -0.1) is 0 Å². The molecule has 1 unspecified atom stereocenters. The van der Waals surface area contributed by atoms with E-state index in [-0.39, 0.29) is 38.5 Å². The third-order valence-electron chi connectivity index (χ3n) is 8.04. The van der Waals surface area contributed by atoms with Crippen LogP contribution in [0.2, 0.25) is 0 Å². The maximum Gasteiger partial charge on any atom is 0.407 e. The number of benzene rings is 2. The molecule has 0 saturated carbocycles. The van der Waals surface area contributed by atoms with E-state index in [1.165, 1.54) is 0 Å². The molecule has 0 radical (unpaired) electrons. The van der Waals surface area contributed by atoms with Crippen LogP contribution in [0.15, 0.2) is 48.5 Å². The van der Waals surface area contributed by atoms with Crippen LogP contribution in [0.25, 0.3) is 11.1 Å². The van der Waals surface area contributed by atoms with E-state index in [9.17, 15) is 24.6 Å². The van der Waals surface area contributed by atoms with Crippen LogP contribution in [0, 0.1) is 0 Å². The molecule has 2 aliphatic heterocycles. The highest BCUT2D eigenvalue weighted by Crippen LogP contribution is 2.44. The van der Waals surface area contributed by atoms with E-state index in [0.717, 1.165) is 22.3 Å². The summed E-state index contributed by atoms with van der Waals surface area (Å²) in [6, 6.07) is 14.4. The SMILES string of the molecule is CC1(C)OC([C@H]2COC(C)(C)O2)[C@H]([C@@H](O)CNC(=O)CC[C@H](NC(=O)OCC2c3ccccc3-c3ccccc32)C(=O)O)O1. The van der Waals surface area contributed by atoms with E-state index in [0.29, 0.717) is 0 Å². The first kappa shape index (κ1) is 31.9. The Morgan fingerprint density at radius 2 is 1.59 bits per heavy atom. The molecule has 2 aromatic carbocycles. The smallest absolute Gasteiger partial charge is 0.407 e. The van der Waals surface area contributed by atoms with E-state index in [1.54, 1.807) is 27.7 Å². The van der Waals surface area contributed by atoms with Crippen LogP contribution < -0.4 is 10.6 Å². The number of carbonyl (C=O) groups excluding carboxylic acids is 2. The Bertz CT molecular complexity index is 1330. The Morgan fingerprint density at radius 1 is 0.955 bits per heavy atom. The molecule has 12 nitrogen and oxygen atoms in total. The van der Waals surface area contributed by atoms with E-state index >= 15 is 0 Å². The average molecular weight is 613 g/mol. The van der Waals surface area contributed by atoms with Crippen molar-refractivity contribution in [2.75, 3.05) is 19.8 Å². The van der Waals surface area contributed by atoms with Crippen LogP contribution >= 0.6 is 0 Å². The monoisotopic (exact) mass is 612 g/mol. The summed E-state index contributed by atoms with van der Waals surface area (Å²) < 4.78 is 28.9. The second kappa shape index (κ2) is 12.8. The lowest BCUT2D eigenvalue weighted by Crippen LogP contribution is -2.48. The van der Waals surface area contributed by atoms with Gasteiger partial charge in [0.2, 0.25) is 5.91 Å². The van der Waals surface area contributed by atoms with Crippen molar-refractivity contribution < 1.29 is 48.3 Å². The molecule has 1 aliphatic carbocycles. The maximum atomic E-state index is 12.6. The van der Waals surface area contributed by atoms with E-state index < -0.39 is 60.0 Å². The molecular weight excluding hydrogens is 572 g/mol. The van der Waals surface area contributed by atoms with Crippen molar-refractivity contribution >= 4 is 18.0 Å². The zero-order valence-electron chi connectivity index (χ0n) is 25.3. The molecule has 12 heteroatoms. The fourth-order valence-corrected chi connectivity index (χ4v) is 6.02. The number of aliphatic hydroxyl groups excluding tert-OH is 1. The summed E-state index contributed by atoms with van der Waals surface area (Å²) in [5.74, 6) is -3.74. The largest absolute Gasteiger partial charge is 0.480 e.